The van der Waals surface area contributed by atoms with Crippen molar-refractivity contribution in [3.05, 3.63) is 59.5 Å². The van der Waals surface area contributed by atoms with Gasteiger partial charge in [-0.3, -0.25) is 4.79 Å². The van der Waals surface area contributed by atoms with E-state index in [1.807, 2.05) is 40.6 Å². The van der Waals surface area contributed by atoms with E-state index in [9.17, 15) is 4.79 Å². The number of anilines is 1. The molecule has 1 amide bonds. The summed E-state index contributed by atoms with van der Waals surface area (Å²) in [5.74, 6) is 1.15. The van der Waals surface area contributed by atoms with Crippen molar-refractivity contribution in [2.45, 2.75) is 38.5 Å². The first-order valence-corrected chi connectivity index (χ1v) is 10.6. The van der Waals surface area contributed by atoms with E-state index in [1.54, 1.807) is 0 Å². The van der Waals surface area contributed by atoms with Crippen molar-refractivity contribution in [1.82, 2.24) is 19.5 Å². The van der Waals surface area contributed by atoms with E-state index in [0.717, 1.165) is 55.1 Å². The molecule has 2 aliphatic heterocycles. The monoisotopic (exact) mass is 389 g/mol. The largest absolute Gasteiger partial charge is 0.370 e. The van der Waals surface area contributed by atoms with Gasteiger partial charge in [0, 0.05) is 37.7 Å². The van der Waals surface area contributed by atoms with Crippen LogP contribution in [0.25, 0.3) is 5.65 Å². The Morgan fingerprint density at radius 2 is 1.93 bits per heavy atom. The fraction of sp³-hybridized carbons (Fsp3) is 0.435. The number of benzene rings is 1. The predicted molar refractivity (Wildman–Crippen MR) is 113 cm³/mol. The molecule has 0 bridgehead atoms. The van der Waals surface area contributed by atoms with E-state index in [1.165, 1.54) is 18.5 Å². The van der Waals surface area contributed by atoms with Crippen molar-refractivity contribution < 1.29 is 4.79 Å². The number of amides is 1. The first-order valence-electron chi connectivity index (χ1n) is 10.6. The number of likely N-dealkylation sites (tertiary alicyclic amines) is 1. The van der Waals surface area contributed by atoms with Gasteiger partial charge in [-0.1, -0.05) is 17.7 Å². The van der Waals surface area contributed by atoms with Gasteiger partial charge in [-0.15, -0.1) is 0 Å². The molecule has 0 unspecified atom stereocenters. The molecule has 150 valence electrons. The van der Waals surface area contributed by atoms with E-state index in [4.69, 9.17) is 10.1 Å². The zero-order valence-corrected chi connectivity index (χ0v) is 16.9. The fourth-order valence-corrected chi connectivity index (χ4v) is 4.56. The normalized spacial score (nSPS) is 19.8. The quantitative estimate of drug-likeness (QED) is 0.686. The summed E-state index contributed by atoms with van der Waals surface area (Å²) in [6.45, 7) is 5.74. The van der Waals surface area contributed by atoms with Crippen LogP contribution in [0.5, 0.6) is 0 Å². The minimum Gasteiger partial charge on any atom is -0.370 e. The zero-order chi connectivity index (χ0) is 19.8. The van der Waals surface area contributed by atoms with Crippen LogP contribution in [0, 0.1) is 6.92 Å². The molecule has 2 aliphatic rings. The van der Waals surface area contributed by atoms with Gasteiger partial charge in [0.15, 0.2) is 11.5 Å². The Labute approximate surface area is 171 Å². The summed E-state index contributed by atoms with van der Waals surface area (Å²) >= 11 is 0. The Balaban J connectivity index is 1.36. The second-order valence-corrected chi connectivity index (χ2v) is 8.31. The van der Waals surface area contributed by atoms with Crippen LogP contribution in [0.15, 0.2) is 42.6 Å². The van der Waals surface area contributed by atoms with E-state index < -0.39 is 0 Å². The van der Waals surface area contributed by atoms with Gasteiger partial charge in [0.25, 0.3) is 5.91 Å². The van der Waals surface area contributed by atoms with Crippen LogP contribution in [0.2, 0.25) is 0 Å². The molecule has 29 heavy (non-hydrogen) atoms. The van der Waals surface area contributed by atoms with Crippen molar-refractivity contribution in [3.63, 3.8) is 0 Å². The molecule has 2 aromatic heterocycles. The SMILES string of the molecule is Cc1cccc(C(=O)N2CCC[C@H](c3nc4ccc(N5CCCC5)cn4n3)C2)c1. The van der Waals surface area contributed by atoms with Crippen LogP contribution in [-0.4, -0.2) is 51.6 Å². The molecule has 6 nitrogen and oxygen atoms in total. The number of nitrogens with zero attached hydrogens (tertiary/aromatic N) is 5. The lowest BCUT2D eigenvalue weighted by molar-refractivity contribution is 0.0704. The molecule has 0 radical (unpaired) electrons. The number of aryl methyl sites for hydroxylation is 1. The van der Waals surface area contributed by atoms with Gasteiger partial charge in [0.1, 0.15) is 0 Å². The Kier molecular flexibility index (Phi) is 4.70. The van der Waals surface area contributed by atoms with Crippen molar-refractivity contribution in [2.75, 3.05) is 31.1 Å². The van der Waals surface area contributed by atoms with Crippen LogP contribution in [0.1, 0.15) is 53.3 Å². The first-order chi connectivity index (χ1) is 14.2. The summed E-state index contributed by atoms with van der Waals surface area (Å²) in [6, 6.07) is 12.0. The maximum absolute atomic E-state index is 13.0. The molecule has 2 fully saturated rings. The number of pyridine rings is 1. The molecule has 3 aromatic rings. The van der Waals surface area contributed by atoms with Crippen LogP contribution >= 0.6 is 0 Å². The number of carbonyl (C=O) groups excluding carboxylic acids is 1. The summed E-state index contributed by atoms with van der Waals surface area (Å²) in [5, 5.41) is 4.79. The molecule has 0 aliphatic carbocycles. The van der Waals surface area contributed by atoms with Gasteiger partial charge < -0.3 is 9.80 Å². The number of hydrogen-bond donors (Lipinski definition) is 0. The minimum atomic E-state index is 0.110. The highest BCUT2D eigenvalue weighted by Crippen LogP contribution is 2.27. The zero-order valence-electron chi connectivity index (χ0n) is 16.9. The summed E-state index contributed by atoms with van der Waals surface area (Å²) in [4.78, 5) is 22.1. The van der Waals surface area contributed by atoms with Crippen molar-refractivity contribution in [2.24, 2.45) is 0 Å². The lowest BCUT2D eigenvalue weighted by atomic mass is 9.96. The van der Waals surface area contributed by atoms with Crippen molar-refractivity contribution in [1.29, 1.82) is 0 Å². The number of carbonyl (C=O) groups is 1. The van der Waals surface area contributed by atoms with Gasteiger partial charge in [-0.2, -0.15) is 5.10 Å². The molecule has 4 heterocycles. The lowest BCUT2D eigenvalue weighted by Gasteiger charge is -2.31. The molecule has 1 aromatic carbocycles. The third-order valence-electron chi connectivity index (χ3n) is 6.14. The van der Waals surface area contributed by atoms with E-state index in [2.05, 4.69) is 23.2 Å². The summed E-state index contributed by atoms with van der Waals surface area (Å²) < 4.78 is 1.91. The van der Waals surface area contributed by atoms with Crippen LogP contribution < -0.4 is 4.90 Å². The average Bonchev–Trinajstić information content (AvgIpc) is 3.42. The number of piperidine rings is 1. The molecule has 1 atom stereocenters. The Morgan fingerprint density at radius 1 is 1.07 bits per heavy atom. The highest BCUT2D eigenvalue weighted by molar-refractivity contribution is 5.94. The number of rotatable bonds is 3. The topological polar surface area (TPSA) is 53.7 Å². The third-order valence-corrected chi connectivity index (χ3v) is 6.14. The molecule has 0 N–H and O–H groups in total. The highest BCUT2D eigenvalue weighted by atomic mass is 16.2. The molecular formula is C23H27N5O. The number of hydrogen-bond acceptors (Lipinski definition) is 4. The van der Waals surface area contributed by atoms with Gasteiger partial charge in [-0.05, 0) is 56.9 Å². The van der Waals surface area contributed by atoms with Gasteiger partial charge in [0.2, 0.25) is 0 Å². The Hall–Kier alpha value is -2.89. The highest BCUT2D eigenvalue weighted by Gasteiger charge is 2.28. The summed E-state index contributed by atoms with van der Waals surface area (Å²) in [5.41, 5.74) is 3.97. The van der Waals surface area contributed by atoms with E-state index in [-0.39, 0.29) is 11.8 Å². The summed E-state index contributed by atoms with van der Waals surface area (Å²) in [6.07, 6.45) is 6.61. The summed E-state index contributed by atoms with van der Waals surface area (Å²) in [7, 11) is 0. The van der Waals surface area contributed by atoms with Crippen LogP contribution in [0.3, 0.4) is 0 Å². The predicted octanol–water partition coefficient (Wildman–Crippen LogP) is 3.66. The molecule has 6 heteroatoms. The van der Waals surface area contributed by atoms with Gasteiger partial charge in [0.05, 0.1) is 11.9 Å². The van der Waals surface area contributed by atoms with Crippen LogP contribution in [-0.2, 0) is 0 Å². The lowest BCUT2D eigenvalue weighted by Crippen LogP contribution is -2.39. The van der Waals surface area contributed by atoms with Crippen LogP contribution in [0.4, 0.5) is 5.69 Å². The molecule has 5 rings (SSSR count). The Bertz CT molecular complexity index is 1040. The number of aromatic nitrogens is 3. The number of fused-ring (bicyclic) bond motifs is 1. The van der Waals surface area contributed by atoms with Crippen molar-refractivity contribution in [3.8, 4) is 0 Å². The fourth-order valence-electron chi connectivity index (χ4n) is 4.56. The standard InChI is InChI=1S/C23H27N5O/c1-17-6-4-7-18(14-17)23(29)27-13-5-8-19(15-27)22-24-21-10-9-20(16-28(21)25-22)26-11-2-3-12-26/h4,6-7,9-10,14,16,19H,2-3,5,8,11-13,15H2,1H3/t19-/m0/s1. The molecule has 2 saturated heterocycles. The second kappa shape index (κ2) is 7.50. The molecule has 0 spiro atoms. The second-order valence-electron chi connectivity index (χ2n) is 8.31. The Morgan fingerprint density at radius 3 is 2.76 bits per heavy atom. The van der Waals surface area contributed by atoms with Gasteiger partial charge >= 0.3 is 0 Å². The smallest absolute Gasteiger partial charge is 0.253 e. The minimum absolute atomic E-state index is 0.110. The van der Waals surface area contributed by atoms with Crippen molar-refractivity contribution >= 4 is 17.2 Å². The average molecular weight is 390 g/mol. The van der Waals surface area contributed by atoms with Gasteiger partial charge in [-0.25, -0.2) is 9.50 Å². The maximum Gasteiger partial charge on any atom is 0.253 e. The molecular weight excluding hydrogens is 362 g/mol. The van der Waals surface area contributed by atoms with E-state index in [0.29, 0.717) is 6.54 Å². The van der Waals surface area contributed by atoms with E-state index >= 15 is 0 Å². The third kappa shape index (κ3) is 3.59. The first kappa shape index (κ1) is 18.2. The molecule has 0 saturated carbocycles. The maximum atomic E-state index is 13.0.